The van der Waals surface area contributed by atoms with Gasteiger partial charge in [0.25, 0.3) is 0 Å². The molecule has 57 heavy (non-hydrogen) atoms. The van der Waals surface area contributed by atoms with E-state index in [9.17, 15) is 0 Å². The Bertz CT molecular complexity index is 3210. The smallest absolute Gasteiger partial charge is 0.160 e. The lowest BCUT2D eigenvalue weighted by Gasteiger charge is -2.14. The number of rotatable bonds is 6. The van der Waals surface area contributed by atoms with Gasteiger partial charge in [0.05, 0.1) is 22.4 Å². The van der Waals surface area contributed by atoms with E-state index in [1.165, 1.54) is 65.9 Å². The van der Waals surface area contributed by atoms with E-state index in [0.717, 1.165) is 33.5 Å². The van der Waals surface area contributed by atoms with Gasteiger partial charge in [0, 0.05) is 33.2 Å². The second kappa shape index (κ2) is 13.6. The fraction of sp³-hybridized carbons (Fsp3) is 0. The normalized spacial score (nSPS) is 11.5. The van der Waals surface area contributed by atoms with Crippen LogP contribution >= 0.6 is 0 Å². The van der Waals surface area contributed by atoms with Crippen LogP contribution in [0, 0.1) is 0 Å². The summed E-state index contributed by atoms with van der Waals surface area (Å²) in [4.78, 5) is 10.2. The van der Waals surface area contributed by atoms with Crippen molar-refractivity contribution >= 4 is 43.4 Å². The molecule has 0 amide bonds. The average Bonchev–Trinajstić information content (AvgIpc) is 3.62. The van der Waals surface area contributed by atoms with Gasteiger partial charge in [-0.05, 0) is 80.2 Å². The molecule has 0 N–H and O–H groups in total. The summed E-state index contributed by atoms with van der Waals surface area (Å²) >= 11 is 0. The Labute approximate surface area is 330 Å². The highest BCUT2D eigenvalue weighted by molar-refractivity contribution is 6.11. The molecule has 2 aromatic heterocycles. The number of para-hydroxylation sites is 1. The standard InChI is InChI=1S/C54H35N3/c1-3-14-39(15-4-1)50-35-51(56-54(55-50)40-16-5-2-6-17-40)47-31-30-44(45-19-9-10-20-46(45)47)38-25-23-37(24-26-38)42-28-32-53-49(34-42)48-21-11-12-22-52(48)57(53)43-29-27-36-13-7-8-18-41(36)33-43/h1-35H. The Balaban J connectivity index is 0.979. The molecule has 0 unspecified atom stereocenters. The second-order valence-corrected chi connectivity index (χ2v) is 14.6. The van der Waals surface area contributed by atoms with Gasteiger partial charge in [-0.3, -0.25) is 0 Å². The predicted molar refractivity (Wildman–Crippen MR) is 239 cm³/mol. The van der Waals surface area contributed by atoms with Gasteiger partial charge in [0.1, 0.15) is 0 Å². The van der Waals surface area contributed by atoms with Crippen LogP contribution in [-0.4, -0.2) is 14.5 Å². The summed E-state index contributed by atoms with van der Waals surface area (Å²) < 4.78 is 2.39. The first-order chi connectivity index (χ1) is 28.2. The van der Waals surface area contributed by atoms with E-state index in [1.54, 1.807) is 0 Å². The molecular formula is C54H35N3. The number of nitrogens with zero attached hydrogens (tertiary/aromatic N) is 3. The van der Waals surface area contributed by atoms with Gasteiger partial charge in [-0.2, -0.15) is 0 Å². The van der Waals surface area contributed by atoms with Gasteiger partial charge in [-0.15, -0.1) is 0 Å². The second-order valence-electron chi connectivity index (χ2n) is 14.6. The molecule has 0 aliphatic rings. The third-order valence-electron chi connectivity index (χ3n) is 11.2. The maximum atomic E-state index is 5.16. The zero-order chi connectivity index (χ0) is 37.7. The van der Waals surface area contributed by atoms with Crippen molar-refractivity contribution in [3.63, 3.8) is 0 Å². The highest BCUT2D eigenvalue weighted by Gasteiger charge is 2.16. The van der Waals surface area contributed by atoms with E-state index in [1.807, 2.05) is 24.3 Å². The Morgan fingerprint density at radius 2 is 0.877 bits per heavy atom. The third kappa shape index (κ3) is 5.76. The van der Waals surface area contributed by atoms with Crippen LogP contribution in [0.4, 0.5) is 0 Å². The molecule has 3 nitrogen and oxygen atoms in total. The van der Waals surface area contributed by atoms with Gasteiger partial charge in [-0.25, -0.2) is 9.97 Å². The van der Waals surface area contributed by atoms with Crippen molar-refractivity contribution in [3.8, 4) is 61.8 Å². The minimum atomic E-state index is 0.715. The number of aromatic nitrogens is 3. The van der Waals surface area contributed by atoms with Gasteiger partial charge >= 0.3 is 0 Å². The van der Waals surface area contributed by atoms with Crippen LogP contribution in [-0.2, 0) is 0 Å². The Hall–Kier alpha value is -7.62. The quantitative estimate of drug-likeness (QED) is 0.171. The van der Waals surface area contributed by atoms with E-state index in [0.29, 0.717) is 5.82 Å². The fourth-order valence-electron chi connectivity index (χ4n) is 8.42. The SMILES string of the molecule is c1ccc(-c2cc(-c3ccc(-c4ccc(-c5ccc6c(c5)c5ccccc5n6-c5ccc6ccccc6c5)cc4)c4ccccc34)nc(-c3ccccc3)n2)cc1. The molecular weight excluding hydrogens is 691 g/mol. The molecule has 3 heteroatoms. The van der Waals surface area contributed by atoms with Gasteiger partial charge in [0.2, 0.25) is 0 Å². The number of benzene rings is 9. The topological polar surface area (TPSA) is 30.7 Å². The molecule has 0 radical (unpaired) electrons. The molecule has 2 heterocycles. The molecule has 11 rings (SSSR count). The lowest BCUT2D eigenvalue weighted by Crippen LogP contribution is -1.96. The van der Waals surface area contributed by atoms with Crippen molar-refractivity contribution in [1.29, 1.82) is 0 Å². The third-order valence-corrected chi connectivity index (χ3v) is 11.2. The van der Waals surface area contributed by atoms with Gasteiger partial charge in [-0.1, -0.05) is 176 Å². The summed E-state index contributed by atoms with van der Waals surface area (Å²) in [5, 5.41) is 7.33. The lowest BCUT2D eigenvalue weighted by molar-refractivity contribution is 1.18. The Morgan fingerprint density at radius 3 is 1.67 bits per heavy atom. The summed E-state index contributed by atoms with van der Waals surface area (Å²) in [5.41, 5.74) is 13.3. The summed E-state index contributed by atoms with van der Waals surface area (Å²) in [5.74, 6) is 0.715. The maximum Gasteiger partial charge on any atom is 0.160 e. The summed E-state index contributed by atoms with van der Waals surface area (Å²) in [6.45, 7) is 0. The molecule has 0 atom stereocenters. The van der Waals surface area contributed by atoms with E-state index in [2.05, 4.69) is 193 Å². The highest BCUT2D eigenvalue weighted by atomic mass is 15.0. The fourth-order valence-corrected chi connectivity index (χ4v) is 8.42. The van der Waals surface area contributed by atoms with Crippen LogP contribution < -0.4 is 0 Å². The highest BCUT2D eigenvalue weighted by Crippen LogP contribution is 2.39. The van der Waals surface area contributed by atoms with Crippen molar-refractivity contribution in [3.05, 3.63) is 212 Å². The summed E-state index contributed by atoms with van der Waals surface area (Å²) in [6.07, 6.45) is 0. The molecule has 11 aromatic rings. The number of fused-ring (bicyclic) bond motifs is 5. The zero-order valence-electron chi connectivity index (χ0n) is 31.0. The molecule has 0 spiro atoms. The minimum Gasteiger partial charge on any atom is -0.309 e. The summed E-state index contributed by atoms with van der Waals surface area (Å²) in [6, 6.07) is 75.8. The van der Waals surface area contributed by atoms with Crippen molar-refractivity contribution < 1.29 is 0 Å². The summed E-state index contributed by atoms with van der Waals surface area (Å²) in [7, 11) is 0. The zero-order valence-corrected chi connectivity index (χ0v) is 31.0. The predicted octanol–water partition coefficient (Wildman–Crippen LogP) is 14.2. The minimum absolute atomic E-state index is 0.715. The first-order valence-corrected chi connectivity index (χ1v) is 19.4. The first kappa shape index (κ1) is 32.8. The molecule has 9 aromatic carbocycles. The lowest BCUT2D eigenvalue weighted by atomic mass is 9.92. The molecule has 0 aliphatic carbocycles. The monoisotopic (exact) mass is 725 g/mol. The van der Waals surface area contributed by atoms with Crippen LogP contribution in [0.5, 0.6) is 0 Å². The van der Waals surface area contributed by atoms with E-state index in [-0.39, 0.29) is 0 Å². The van der Waals surface area contributed by atoms with Crippen LogP contribution in [0.1, 0.15) is 0 Å². The average molecular weight is 726 g/mol. The van der Waals surface area contributed by atoms with Crippen LogP contribution in [0.25, 0.3) is 105 Å². The molecule has 0 saturated carbocycles. The molecule has 0 fully saturated rings. The van der Waals surface area contributed by atoms with Gasteiger partial charge in [0.15, 0.2) is 5.82 Å². The van der Waals surface area contributed by atoms with Crippen molar-refractivity contribution in [2.75, 3.05) is 0 Å². The largest absolute Gasteiger partial charge is 0.309 e. The van der Waals surface area contributed by atoms with Crippen LogP contribution in [0.3, 0.4) is 0 Å². The van der Waals surface area contributed by atoms with E-state index >= 15 is 0 Å². The van der Waals surface area contributed by atoms with E-state index < -0.39 is 0 Å². The van der Waals surface area contributed by atoms with Crippen molar-refractivity contribution in [2.45, 2.75) is 0 Å². The Kier molecular flexibility index (Phi) is 7.82. The molecule has 0 saturated heterocycles. The first-order valence-electron chi connectivity index (χ1n) is 19.4. The van der Waals surface area contributed by atoms with Crippen molar-refractivity contribution in [2.24, 2.45) is 0 Å². The molecule has 266 valence electrons. The molecule has 0 aliphatic heterocycles. The van der Waals surface area contributed by atoms with E-state index in [4.69, 9.17) is 9.97 Å². The maximum absolute atomic E-state index is 5.16. The van der Waals surface area contributed by atoms with Crippen LogP contribution in [0.2, 0.25) is 0 Å². The van der Waals surface area contributed by atoms with Crippen molar-refractivity contribution in [1.82, 2.24) is 14.5 Å². The van der Waals surface area contributed by atoms with Gasteiger partial charge < -0.3 is 4.57 Å². The number of hydrogen-bond acceptors (Lipinski definition) is 2. The number of hydrogen-bond donors (Lipinski definition) is 0. The van der Waals surface area contributed by atoms with Crippen LogP contribution in [0.15, 0.2) is 212 Å². The Morgan fingerprint density at radius 1 is 0.298 bits per heavy atom. The molecule has 0 bridgehead atoms.